The molecule has 1 aromatic rings. The summed E-state index contributed by atoms with van der Waals surface area (Å²) < 4.78 is 5.62. The number of nitrogens with zero attached hydrogens (tertiary/aromatic N) is 1. The quantitative estimate of drug-likeness (QED) is 0.683. The summed E-state index contributed by atoms with van der Waals surface area (Å²) >= 11 is 0. The van der Waals surface area contributed by atoms with E-state index in [4.69, 9.17) is 4.74 Å². The van der Waals surface area contributed by atoms with E-state index in [9.17, 15) is 0 Å². The van der Waals surface area contributed by atoms with Gasteiger partial charge in [0.05, 0.1) is 6.61 Å². The summed E-state index contributed by atoms with van der Waals surface area (Å²) in [4.78, 5) is 2.52. The largest absolute Gasteiger partial charge is 0.494 e. The van der Waals surface area contributed by atoms with Gasteiger partial charge in [0.15, 0.2) is 0 Å². The van der Waals surface area contributed by atoms with E-state index in [2.05, 4.69) is 11.0 Å². The highest BCUT2D eigenvalue weighted by Gasteiger charge is 2.10. The highest BCUT2D eigenvalue weighted by molar-refractivity contribution is 5.20. The van der Waals surface area contributed by atoms with Crippen LogP contribution in [-0.4, -0.2) is 31.1 Å². The number of hydrogen-bond acceptors (Lipinski definition) is 2. The Morgan fingerprint density at radius 1 is 1.20 bits per heavy atom. The first-order chi connectivity index (χ1) is 7.45. The van der Waals surface area contributed by atoms with Gasteiger partial charge in [-0.3, -0.25) is 0 Å². The first-order valence-corrected chi connectivity index (χ1v) is 5.76. The van der Waals surface area contributed by atoms with Crippen LogP contribution in [-0.2, 0) is 0 Å². The molecular weight excluding hydrogens is 186 g/mol. The molecule has 0 aliphatic carbocycles. The Morgan fingerprint density at radius 2 is 1.93 bits per heavy atom. The van der Waals surface area contributed by atoms with Gasteiger partial charge in [-0.25, -0.2) is 0 Å². The minimum absolute atomic E-state index is 0.820. The van der Waals surface area contributed by atoms with E-state index in [1.807, 2.05) is 24.3 Å². The number of benzene rings is 1. The molecule has 1 heterocycles. The lowest BCUT2D eigenvalue weighted by Crippen LogP contribution is -2.21. The average molecular weight is 204 g/mol. The minimum atomic E-state index is 0.820. The van der Waals surface area contributed by atoms with Crippen molar-refractivity contribution < 1.29 is 4.74 Å². The molecule has 1 radical (unpaired) electrons. The van der Waals surface area contributed by atoms with E-state index in [0.29, 0.717) is 0 Å². The Hall–Kier alpha value is -1.02. The molecule has 1 aromatic carbocycles. The molecule has 81 valence electrons. The Morgan fingerprint density at radius 3 is 2.67 bits per heavy atom. The molecular formula is C13H18NO. The van der Waals surface area contributed by atoms with Crippen LogP contribution >= 0.6 is 0 Å². The minimum Gasteiger partial charge on any atom is -0.494 e. The summed E-state index contributed by atoms with van der Waals surface area (Å²) in [6.07, 6.45) is 3.86. The fourth-order valence-corrected chi connectivity index (χ4v) is 1.95. The average Bonchev–Trinajstić information content (AvgIpc) is 2.79. The lowest BCUT2D eigenvalue weighted by atomic mass is 10.3. The fraction of sp³-hybridized carbons (Fsp3) is 0.538. The number of ether oxygens (including phenoxy) is 1. The second-order valence-corrected chi connectivity index (χ2v) is 3.99. The van der Waals surface area contributed by atoms with E-state index in [1.54, 1.807) is 0 Å². The molecule has 2 heteroatoms. The second kappa shape index (κ2) is 5.76. The van der Waals surface area contributed by atoms with Crippen molar-refractivity contribution in [3.05, 3.63) is 30.3 Å². The Labute approximate surface area is 91.9 Å². The van der Waals surface area contributed by atoms with Crippen LogP contribution in [0.15, 0.2) is 24.3 Å². The van der Waals surface area contributed by atoms with Crippen LogP contribution in [0.3, 0.4) is 0 Å². The van der Waals surface area contributed by atoms with Gasteiger partial charge in [-0.2, -0.15) is 0 Å². The molecule has 1 saturated heterocycles. The monoisotopic (exact) mass is 204 g/mol. The van der Waals surface area contributed by atoms with Crippen molar-refractivity contribution in [2.75, 3.05) is 26.2 Å². The van der Waals surface area contributed by atoms with Gasteiger partial charge >= 0.3 is 0 Å². The van der Waals surface area contributed by atoms with Crippen molar-refractivity contribution in [2.24, 2.45) is 0 Å². The van der Waals surface area contributed by atoms with Crippen molar-refractivity contribution in [2.45, 2.75) is 19.3 Å². The molecule has 0 amide bonds. The third kappa shape index (κ3) is 3.56. The van der Waals surface area contributed by atoms with Crippen LogP contribution in [0.1, 0.15) is 19.3 Å². The molecule has 0 saturated carbocycles. The highest BCUT2D eigenvalue weighted by atomic mass is 16.5. The van der Waals surface area contributed by atoms with Crippen molar-refractivity contribution >= 4 is 0 Å². The van der Waals surface area contributed by atoms with E-state index < -0.39 is 0 Å². The van der Waals surface area contributed by atoms with Crippen LogP contribution in [0.5, 0.6) is 5.75 Å². The normalized spacial score (nSPS) is 16.8. The molecule has 0 atom stereocenters. The molecule has 2 nitrogen and oxygen atoms in total. The number of likely N-dealkylation sites (tertiary alicyclic amines) is 1. The molecule has 1 fully saturated rings. The topological polar surface area (TPSA) is 12.5 Å². The fourth-order valence-electron chi connectivity index (χ4n) is 1.95. The van der Waals surface area contributed by atoms with Gasteiger partial charge in [0, 0.05) is 6.54 Å². The van der Waals surface area contributed by atoms with E-state index in [-0.39, 0.29) is 0 Å². The van der Waals surface area contributed by atoms with Crippen LogP contribution < -0.4 is 4.74 Å². The summed E-state index contributed by atoms with van der Waals surface area (Å²) in [5.74, 6) is 0.954. The van der Waals surface area contributed by atoms with Crippen LogP contribution in [0.25, 0.3) is 0 Å². The predicted octanol–water partition coefficient (Wildman–Crippen LogP) is 2.35. The van der Waals surface area contributed by atoms with E-state index >= 15 is 0 Å². The first kappa shape index (κ1) is 10.5. The third-order valence-electron chi connectivity index (χ3n) is 2.77. The summed E-state index contributed by atoms with van der Waals surface area (Å²) in [6, 6.07) is 10.7. The Bertz CT molecular complexity index is 267. The molecule has 0 unspecified atom stereocenters. The molecule has 15 heavy (non-hydrogen) atoms. The predicted molar refractivity (Wildman–Crippen MR) is 61.1 cm³/mol. The third-order valence-corrected chi connectivity index (χ3v) is 2.77. The maximum Gasteiger partial charge on any atom is 0.119 e. The van der Waals surface area contributed by atoms with Crippen LogP contribution in [0.2, 0.25) is 0 Å². The molecule has 0 N–H and O–H groups in total. The molecule has 0 bridgehead atoms. The van der Waals surface area contributed by atoms with Gasteiger partial charge in [-0.1, -0.05) is 12.1 Å². The summed E-state index contributed by atoms with van der Waals surface area (Å²) in [7, 11) is 0. The van der Waals surface area contributed by atoms with Crippen molar-refractivity contribution in [3.8, 4) is 5.75 Å². The van der Waals surface area contributed by atoms with Gasteiger partial charge in [0.2, 0.25) is 0 Å². The van der Waals surface area contributed by atoms with Gasteiger partial charge < -0.3 is 9.64 Å². The van der Waals surface area contributed by atoms with E-state index in [0.717, 1.165) is 18.8 Å². The van der Waals surface area contributed by atoms with Crippen molar-refractivity contribution in [3.63, 3.8) is 0 Å². The Balaban J connectivity index is 1.59. The molecule has 0 spiro atoms. The molecule has 1 aliphatic rings. The number of hydrogen-bond donors (Lipinski definition) is 0. The van der Waals surface area contributed by atoms with Gasteiger partial charge in [0.25, 0.3) is 0 Å². The molecule has 2 rings (SSSR count). The Kier molecular flexibility index (Phi) is 4.03. The smallest absolute Gasteiger partial charge is 0.119 e. The zero-order valence-electron chi connectivity index (χ0n) is 9.11. The first-order valence-electron chi connectivity index (χ1n) is 5.76. The summed E-state index contributed by atoms with van der Waals surface area (Å²) in [5.41, 5.74) is 0. The maximum atomic E-state index is 5.62. The van der Waals surface area contributed by atoms with Gasteiger partial charge in [-0.15, -0.1) is 0 Å². The zero-order chi connectivity index (χ0) is 10.3. The van der Waals surface area contributed by atoms with Crippen LogP contribution in [0.4, 0.5) is 0 Å². The number of rotatable bonds is 5. The van der Waals surface area contributed by atoms with Crippen molar-refractivity contribution in [1.82, 2.24) is 4.90 Å². The second-order valence-electron chi connectivity index (χ2n) is 3.99. The molecule has 0 aromatic heterocycles. The highest BCUT2D eigenvalue weighted by Crippen LogP contribution is 2.10. The van der Waals surface area contributed by atoms with Gasteiger partial charge in [-0.05, 0) is 50.6 Å². The maximum absolute atomic E-state index is 5.62. The zero-order valence-corrected chi connectivity index (χ0v) is 9.11. The van der Waals surface area contributed by atoms with Crippen molar-refractivity contribution in [1.29, 1.82) is 0 Å². The lowest BCUT2D eigenvalue weighted by Gasteiger charge is -2.14. The standard InChI is InChI=1S/C13H18NO/c1-2-7-13(8-3-1)15-12-6-11-14-9-4-5-10-14/h2-3,7-8H,4-6,9-12H2. The summed E-state index contributed by atoms with van der Waals surface area (Å²) in [5, 5.41) is 0. The van der Waals surface area contributed by atoms with Gasteiger partial charge in [0.1, 0.15) is 5.75 Å². The summed E-state index contributed by atoms with van der Waals surface area (Å²) in [6.45, 7) is 4.56. The lowest BCUT2D eigenvalue weighted by molar-refractivity contribution is 0.263. The van der Waals surface area contributed by atoms with E-state index in [1.165, 1.54) is 32.5 Å². The SMILES string of the molecule is [c]1ccc(OCCCN2CCCC2)cc1. The molecule has 1 aliphatic heterocycles. The van der Waals surface area contributed by atoms with Crippen LogP contribution in [0, 0.1) is 6.07 Å².